The van der Waals surface area contributed by atoms with Crippen molar-refractivity contribution in [1.82, 2.24) is 15.5 Å². The number of nitrogens with zero attached hydrogens (tertiary/aromatic N) is 2. The van der Waals surface area contributed by atoms with Gasteiger partial charge in [-0.3, -0.25) is 5.32 Å². The van der Waals surface area contributed by atoms with Crippen molar-refractivity contribution in [2.45, 2.75) is 25.9 Å². The highest BCUT2D eigenvalue weighted by Crippen LogP contribution is 2.26. The van der Waals surface area contributed by atoms with E-state index in [2.05, 4.69) is 22.4 Å². The van der Waals surface area contributed by atoms with Crippen LogP contribution in [0.1, 0.15) is 37.4 Å². The highest BCUT2D eigenvalue weighted by molar-refractivity contribution is 7.13. The van der Waals surface area contributed by atoms with E-state index in [0.717, 1.165) is 15.5 Å². The average Bonchev–Trinajstić information content (AvgIpc) is 3.19. The Balaban J connectivity index is 1.69. The van der Waals surface area contributed by atoms with Gasteiger partial charge in [0.2, 0.25) is 5.89 Å². The summed E-state index contributed by atoms with van der Waals surface area (Å²) in [7, 11) is 0. The maximum absolute atomic E-state index is 5.92. The third-order valence-electron chi connectivity index (χ3n) is 3.41. The summed E-state index contributed by atoms with van der Waals surface area (Å²) in [5, 5.41) is 14.4. The number of aromatic nitrogens is 2. The van der Waals surface area contributed by atoms with Gasteiger partial charge in [0.05, 0.1) is 10.9 Å². The van der Waals surface area contributed by atoms with Crippen molar-refractivity contribution in [3.8, 4) is 10.8 Å². The van der Waals surface area contributed by atoms with E-state index < -0.39 is 0 Å². The average molecular weight is 334 g/mol. The van der Waals surface area contributed by atoms with E-state index in [4.69, 9.17) is 16.0 Å². The Kier molecular flexibility index (Phi) is 4.57. The number of halogens is 1. The quantitative estimate of drug-likeness (QED) is 0.724. The predicted molar refractivity (Wildman–Crippen MR) is 89.0 cm³/mol. The minimum absolute atomic E-state index is 0.0353. The summed E-state index contributed by atoms with van der Waals surface area (Å²) in [6, 6.07) is 11.9. The summed E-state index contributed by atoms with van der Waals surface area (Å²) in [5.41, 5.74) is 1.16. The summed E-state index contributed by atoms with van der Waals surface area (Å²) < 4.78 is 5.75. The predicted octanol–water partition coefficient (Wildman–Crippen LogP) is 4.86. The third-order valence-corrected chi connectivity index (χ3v) is 4.52. The van der Waals surface area contributed by atoms with Crippen molar-refractivity contribution in [2.24, 2.45) is 0 Å². The SMILES string of the molecule is C[C@@H](N[C@H](C)c1nnc(-c2cccs2)o1)c1ccc(Cl)cc1. The number of benzene rings is 1. The van der Waals surface area contributed by atoms with Gasteiger partial charge in [-0.25, -0.2) is 0 Å². The topological polar surface area (TPSA) is 51.0 Å². The maximum Gasteiger partial charge on any atom is 0.257 e. The molecule has 0 radical (unpaired) electrons. The molecule has 0 bridgehead atoms. The van der Waals surface area contributed by atoms with Gasteiger partial charge in [-0.15, -0.1) is 21.5 Å². The number of rotatable bonds is 5. The van der Waals surface area contributed by atoms with Crippen LogP contribution < -0.4 is 5.32 Å². The molecule has 0 fully saturated rings. The van der Waals surface area contributed by atoms with E-state index in [1.165, 1.54) is 0 Å². The standard InChI is InChI=1S/C16H16ClN3OS/c1-10(12-5-7-13(17)8-6-12)18-11(2)15-19-20-16(21-15)14-4-3-9-22-14/h3-11,18H,1-2H3/t10-,11-/m1/s1. The highest BCUT2D eigenvalue weighted by Gasteiger charge is 2.17. The van der Waals surface area contributed by atoms with Gasteiger partial charge < -0.3 is 4.42 Å². The zero-order valence-electron chi connectivity index (χ0n) is 12.3. The van der Waals surface area contributed by atoms with Crippen molar-refractivity contribution < 1.29 is 4.42 Å². The Morgan fingerprint density at radius 3 is 2.55 bits per heavy atom. The van der Waals surface area contributed by atoms with Crippen LogP contribution in [0, 0.1) is 0 Å². The van der Waals surface area contributed by atoms with Crippen molar-refractivity contribution in [2.75, 3.05) is 0 Å². The molecule has 1 aromatic carbocycles. The molecule has 22 heavy (non-hydrogen) atoms. The minimum Gasteiger partial charge on any atom is -0.418 e. The number of nitrogens with one attached hydrogen (secondary N) is 1. The van der Waals surface area contributed by atoms with Crippen LogP contribution in [0.5, 0.6) is 0 Å². The molecule has 114 valence electrons. The first-order chi connectivity index (χ1) is 10.6. The molecule has 3 aromatic rings. The van der Waals surface area contributed by atoms with Gasteiger partial charge in [0.15, 0.2) is 0 Å². The molecule has 0 aliphatic rings. The van der Waals surface area contributed by atoms with Gasteiger partial charge in [-0.1, -0.05) is 29.8 Å². The lowest BCUT2D eigenvalue weighted by molar-refractivity contribution is 0.395. The van der Waals surface area contributed by atoms with E-state index in [9.17, 15) is 0 Å². The van der Waals surface area contributed by atoms with Crippen molar-refractivity contribution >= 4 is 22.9 Å². The maximum atomic E-state index is 5.92. The van der Waals surface area contributed by atoms with Crippen LogP contribution in [0.3, 0.4) is 0 Å². The molecule has 1 N–H and O–H groups in total. The van der Waals surface area contributed by atoms with Gasteiger partial charge in [0, 0.05) is 11.1 Å². The van der Waals surface area contributed by atoms with Gasteiger partial charge in [-0.2, -0.15) is 0 Å². The molecule has 3 rings (SSSR count). The molecule has 0 unspecified atom stereocenters. The van der Waals surface area contributed by atoms with Gasteiger partial charge in [-0.05, 0) is 43.0 Å². The van der Waals surface area contributed by atoms with Crippen molar-refractivity contribution in [1.29, 1.82) is 0 Å². The Morgan fingerprint density at radius 2 is 1.86 bits per heavy atom. The second kappa shape index (κ2) is 6.60. The molecular formula is C16H16ClN3OS. The molecule has 2 atom stereocenters. The lowest BCUT2D eigenvalue weighted by atomic mass is 10.1. The van der Waals surface area contributed by atoms with Gasteiger partial charge in [0.1, 0.15) is 0 Å². The molecule has 0 saturated heterocycles. The zero-order valence-corrected chi connectivity index (χ0v) is 13.9. The molecule has 2 heterocycles. The third kappa shape index (κ3) is 3.38. The van der Waals surface area contributed by atoms with Crippen LogP contribution in [0.2, 0.25) is 5.02 Å². The fraction of sp³-hybridized carbons (Fsp3) is 0.250. The molecule has 0 amide bonds. The highest BCUT2D eigenvalue weighted by atomic mass is 35.5. The van der Waals surface area contributed by atoms with Crippen LogP contribution in [0.15, 0.2) is 46.2 Å². The van der Waals surface area contributed by atoms with Crippen LogP contribution >= 0.6 is 22.9 Å². The van der Waals surface area contributed by atoms with Crippen molar-refractivity contribution in [3.63, 3.8) is 0 Å². The fourth-order valence-corrected chi connectivity index (χ4v) is 2.97. The summed E-state index contributed by atoms with van der Waals surface area (Å²) in [6.45, 7) is 4.11. The molecule has 2 aromatic heterocycles. The summed E-state index contributed by atoms with van der Waals surface area (Å²) in [4.78, 5) is 0.983. The Morgan fingerprint density at radius 1 is 1.09 bits per heavy atom. The number of hydrogen-bond donors (Lipinski definition) is 1. The summed E-state index contributed by atoms with van der Waals surface area (Å²) in [5.74, 6) is 1.15. The monoisotopic (exact) mass is 333 g/mol. The van der Waals surface area contributed by atoms with Crippen LogP contribution in [-0.4, -0.2) is 10.2 Å². The molecule has 4 nitrogen and oxygen atoms in total. The first-order valence-corrected chi connectivity index (χ1v) is 8.28. The second-order valence-corrected chi connectivity index (χ2v) is 6.47. The van der Waals surface area contributed by atoms with Gasteiger partial charge in [0.25, 0.3) is 5.89 Å². The molecular weight excluding hydrogens is 318 g/mol. The molecule has 6 heteroatoms. The van der Waals surface area contributed by atoms with E-state index >= 15 is 0 Å². The smallest absolute Gasteiger partial charge is 0.257 e. The lowest BCUT2D eigenvalue weighted by Crippen LogP contribution is -2.22. The molecule has 0 aliphatic heterocycles. The van der Waals surface area contributed by atoms with Crippen LogP contribution in [-0.2, 0) is 0 Å². The fourth-order valence-electron chi connectivity index (χ4n) is 2.20. The minimum atomic E-state index is -0.0353. The van der Waals surface area contributed by atoms with Crippen LogP contribution in [0.25, 0.3) is 10.8 Å². The van der Waals surface area contributed by atoms with E-state index in [0.29, 0.717) is 11.8 Å². The Bertz CT molecular complexity index is 724. The summed E-state index contributed by atoms with van der Waals surface area (Å²) >= 11 is 7.50. The second-order valence-electron chi connectivity index (χ2n) is 5.08. The number of thiophene rings is 1. The molecule has 0 saturated carbocycles. The zero-order chi connectivity index (χ0) is 15.5. The number of hydrogen-bond acceptors (Lipinski definition) is 5. The molecule has 0 spiro atoms. The van der Waals surface area contributed by atoms with E-state index in [1.54, 1.807) is 11.3 Å². The largest absolute Gasteiger partial charge is 0.418 e. The Labute approximate surface area is 138 Å². The normalized spacial score (nSPS) is 14.0. The van der Waals surface area contributed by atoms with E-state index in [-0.39, 0.29) is 12.1 Å². The molecule has 0 aliphatic carbocycles. The summed E-state index contributed by atoms with van der Waals surface area (Å²) in [6.07, 6.45) is 0. The Hall–Kier alpha value is -1.69. The first kappa shape index (κ1) is 15.2. The van der Waals surface area contributed by atoms with Crippen LogP contribution in [0.4, 0.5) is 0 Å². The van der Waals surface area contributed by atoms with Gasteiger partial charge >= 0.3 is 0 Å². The first-order valence-electron chi connectivity index (χ1n) is 7.02. The van der Waals surface area contributed by atoms with Crippen molar-refractivity contribution in [3.05, 3.63) is 58.3 Å². The lowest BCUT2D eigenvalue weighted by Gasteiger charge is -2.17. The van der Waals surface area contributed by atoms with E-state index in [1.807, 2.05) is 48.7 Å².